The number of hydrogen-bond donors (Lipinski definition) is 1. The van der Waals surface area contributed by atoms with Crippen molar-refractivity contribution in [3.8, 4) is 11.5 Å². The van der Waals surface area contributed by atoms with Crippen LogP contribution in [0.15, 0.2) is 85.2 Å². The number of benzene rings is 2. The van der Waals surface area contributed by atoms with Crippen molar-refractivity contribution in [2.24, 2.45) is 0 Å². The van der Waals surface area contributed by atoms with Gasteiger partial charge in [0.1, 0.15) is 28.1 Å². The van der Waals surface area contributed by atoms with E-state index in [0.29, 0.717) is 35.7 Å². The van der Waals surface area contributed by atoms with Crippen molar-refractivity contribution in [1.29, 1.82) is 0 Å². The summed E-state index contributed by atoms with van der Waals surface area (Å²) in [5.74, 6) is 0.101. The van der Waals surface area contributed by atoms with Gasteiger partial charge >= 0.3 is 29.6 Å². The predicted octanol–water partition coefficient (Wildman–Crippen LogP) is 3.39. The Morgan fingerprint density at radius 1 is 0.660 bits per heavy atom. The number of rotatable bonds is 14. The van der Waals surface area contributed by atoms with Gasteiger partial charge in [-0.2, -0.15) is 0 Å². The second-order valence-corrected chi connectivity index (χ2v) is 14.0. The van der Waals surface area contributed by atoms with Crippen LogP contribution in [0.1, 0.15) is 57.1 Å². The minimum Gasteiger partial charge on any atom is -0.585 e. The van der Waals surface area contributed by atoms with E-state index in [2.05, 4.69) is 20.6 Å². The zero-order valence-corrected chi connectivity index (χ0v) is 33.0. The SMILES string of the molecule is CCc1ccc(C(=O)COc2ccc(CC3SC(=O)NC3=O)cc2)nc1.CCc1ccc(C(=O)COc2ccc(CC3SC(=O)[N-]C3=O)cc2)nc1.[Na+]. The van der Waals surface area contributed by atoms with Gasteiger partial charge in [-0.15, -0.1) is 0 Å². The van der Waals surface area contributed by atoms with Gasteiger partial charge in [-0.25, -0.2) is 0 Å². The minimum atomic E-state index is -0.451. The Kier molecular flexibility index (Phi) is 15.8. The molecule has 6 rings (SSSR count). The summed E-state index contributed by atoms with van der Waals surface area (Å²) < 4.78 is 11.0. The number of hydrogen-bond acceptors (Lipinski definition) is 12. The molecule has 53 heavy (non-hydrogen) atoms. The Labute approximate surface area is 337 Å². The molecule has 4 amide bonds. The minimum absolute atomic E-state index is 0. The van der Waals surface area contributed by atoms with Crippen LogP contribution in [0.4, 0.5) is 9.59 Å². The zero-order valence-electron chi connectivity index (χ0n) is 29.4. The molecule has 268 valence electrons. The number of carbonyl (C=O) groups excluding carboxylic acids is 6. The number of ketones is 2. The largest absolute Gasteiger partial charge is 1.00 e. The van der Waals surface area contributed by atoms with Gasteiger partial charge in [0.2, 0.25) is 17.5 Å². The first kappa shape index (κ1) is 41.4. The molecule has 0 aliphatic carbocycles. The number of nitrogens with one attached hydrogen (secondary N) is 1. The van der Waals surface area contributed by atoms with E-state index in [1.165, 1.54) is 0 Å². The Balaban J connectivity index is 0.000000232. The molecule has 1 N–H and O–H groups in total. The fourth-order valence-electron chi connectivity index (χ4n) is 4.93. The molecule has 0 spiro atoms. The number of pyridine rings is 2. The number of ether oxygens (including phenoxy) is 2. The van der Waals surface area contributed by atoms with Crippen LogP contribution >= 0.6 is 23.5 Å². The summed E-state index contributed by atoms with van der Waals surface area (Å²) in [5, 5.41) is 4.08. The van der Waals surface area contributed by atoms with Gasteiger partial charge in [0.05, 0.1) is 16.4 Å². The van der Waals surface area contributed by atoms with E-state index in [4.69, 9.17) is 9.47 Å². The molecule has 0 radical (unpaired) electrons. The van der Waals surface area contributed by atoms with Crippen molar-refractivity contribution in [2.45, 2.75) is 50.0 Å². The number of imide groups is 2. The predicted molar refractivity (Wildman–Crippen MR) is 197 cm³/mol. The van der Waals surface area contributed by atoms with Gasteiger partial charge in [-0.1, -0.05) is 73.8 Å². The zero-order chi connectivity index (χ0) is 37.0. The Hall–Kier alpha value is -4.34. The molecule has 2 fully saturated rings. The van der Waals surface area contributed by atoms with Crippen molar-refractivity contribution in [3.05, 3.63) is 124 Å². The van der Waals surface area contributed by atoms with Crippen molar-refractivity contribution in [3.63, 3.8) is 0 Å². The molecule has 2 aliphatic heterocycles. The van der Waals surface area contributed by atoms with Crippen LogP contribution in [-0.2, 0) is 35.3 Å². The van der Waals surface area contributed by atoms with Crippen molar-refractivity contribution in [1.82, 2.24) is 15.3 Å². The summed E-state index contributed by atoms with van der Waals surface area (Å²) >= 11 is 1.95. The molecular formula is C38H35N4NaO8S2. The fraction of sp³-hybridized carbons (Fsp3) is 0.263. The number of aryl methyl sites for hydroxylation is 2. The van der Waals surface area contributed by atoms with Crippen LogP contribution in [0, 0.1) is 0 Å². The van der Waals surface area contributed by atoms with Crippen LogP contribution in [-0.4, -0.2) is 67.5 Å². The molecule has 2 aromatic heterocycles. The van der Waals surface area contributed by atoms with Gasteiger partial charge in [0, 0.05) is 12.4 Å². The Morgan fingerprint density at radius 2 is 1.11 bits per heavy atom. The first-order valence-electron chi connectivity index (χ1n) is 16.5. The van der Waals surface area contributed by atoms with E-state index in [0.717, 1.165) is 58.6 Å². The molecule has 0 saturated carbocycles. The molecule has 15 heteroatoms. The molecule has 0 bridgehead atoms. The van der Waals surface area contributed by atoms with Gasteiger partial charge in [-0.3, -0.25) is 34.5 Å². The van der Waals surface area contributed by atoms with Crippen LogP contribution in [0.25, 0.3) is 5.32 Å². The maximum atomic E-state index is 12.1. The number of aromatic nitrogens is 2. The third-order valence-electron chi connectivity index (χ3n) is 7.95. The third kappa shape index (κ3) is 12.4. The Bertz CT molecular complexity index is 1790. The normalized spacial score (nSPS) is 16.1. The average molecular weight is 763 g/mol. The molecule has 2 aliphatic rings. The van der Waals surface area contributed by atoms with Crippen molar-refractivity contribution in [2.75, 3.05) is 13.2 Å². The monoisotopic (exact) mass is 762 g/mol. The van der Waals surface area contributed by atoms with E-state index >= 15 is 0 Å². The topological polar surface area (TPSA) is 173 Å². The first-order valence-corrected chi connectivity index (χ1v) is 18.2. The Morgan fingerprint density at radius 3 is 1.47 bits per heavy atom. The third-order valence-corrected chi connectivity index (χ3v) is 9.88. The maximum Gasteiger partial charge on any atom is 1.00 e. The second-order valence-electron chi connectivity index (χ2n) is 11.6. The maximum absolute atomic E-state index is 12.1. The number of thioether (sulfide) groups is 2. The van der Waals surface area contributed by atoms with E-state index in [1.807, 2.05) is 50.2 Å². The smallest absolute Gasteiger partial charge is 0.585 e. The molecular weight excluding hydrogens is 728 g/mol. The van der Waals surface area contributed by atoms with Crippen LogP contribution in [0.2, 0.25) is 0 Å². The second kappa shape index (κ2) is 20.2. The summed E-state index contributed by atoms with van der Waals surface area (Å²) in [4.78, 5) is 78.0. The van der Waals surface area contributed by atoms with Crippen LogP contribution < -0.4 is 44.3 Å². The number of nitrogens with zero attached hydrogens (tertiary/aromatic N) is 3. The van der Waals surface area contributed by atoms with Gasteiger partial charge < -0.3 is 24.4 Å². The van der Waals surface area contributed by atoms with Gasteiger partial charge in [0.25, 0.3) is 5.24 Å². The van der Waals surface area contributed by atoms with Gasteiger partial charge in [-0.05, 0) is 84.3 Å². The molecule has 4 aromatic rings. The molecule has 2 atom stereocenters. The summed E-state index contributed by atoms with van der Waals surface area (Å²) in [6, 6.07) is 21.4. The molecule has 2 aromatic carbocycles. The summed E-state index contributed by atoms with van der Waals surface area (Å²) in [6.45, 7) is 3.87. The van der Waals surface area contributed by atoms with E-state index in [9.17, 15) is 28.8 Å². The quantitative estimate of drug-likeness (QED) is 0.147. The number of amides is 4. The molecule has 2 unspecified atom stereocenters. The van der Waals surface area contributed by atoms with Crippen molar-refractivity contribution < 1.29 is 67.8 Å². The van der Waals surface area contributed by atoms with E-state index < -0.39 is 15.7 Å². The number of Topliss-reactive ketones (excluding diaryl/α,β-unsaturated/α-hetero) is 2. The van der Waals surface area contributed by atoms with Gasteiger partial charge in [0.15, 0.2) is 13.2 Å². The molecule has 4 heterocycles. The first-order chi connectivity index (χ1) is 25.1. The van der Waals surface area contributed by atoms with E-state index in [1.54, 1.807) is 48.8 Å². The van der Waals surface area contributed by atoms with E-state index in [-0.39, 0.29) is 71.4 Å². The number of carbonyl (C=O) groups is 6. The summed E-state index contributed by atoms with van der Waals surface area (Å²) in [7, 11) is 0. The average Bonchev–Trinajstić information content (AvgIpc) is 3.66. The standard InChI is InChI=1S/2C19H18N2O4S.Na/c2*1-2-12-5-8-15(20-10-12)16(22)11-25-14-6-3-13(4-7-14)9-17-18(23)21-19(24)26-17;/h2*3-8,10,17H,2,9,11H2,1H3,(H,21,23,24);/q;;+1/p-1. The van der Waals surface area contributed by atoms with Crippen LogP contribution in [0.3, 0.4) is 0 Å². The van der Waals surface area contributed by atoms with Crippen molar-refractivity contribution >= 4 is 57.4 Å². The molecule has 12 nitrogen and oxygen atoms in total. The molecule has 2 saturated heterocycles. The fourth-order valence-corrected chi connectivity index (χ4v) is 6.61. The summed E-state index contributed by atoms with van der Waals surface area (Å²) in [5.41, 5.74) is 4.73. The summed E-state index contributed by atoms with van der Waals surface area (Å²) in [6.07, 6.45) is 6.04. The van der Waals surface area contributed by atoms with Crippen LogP contribution in [0.5, 0.6) is 11.5 Å².